The Bertz CT molecular complexity index is 509. The quantitative estimate of drug-likeness (QED) is 0.884. The van der Waals surface area contributed by atoms with Gasteiger partial charge in [0, 0.05) is 26.3 Å². The van der Waals surface area contributed by atoms with Gasteiger partial charge in [0.05, 0.1) is 11.7 Å². The van der Waals surface area contributed by atoms with Crippen molar-refractivity contribution in [1.82, 2.24) is 14.5 Å². The van der Waals surface area contributed by atoms with Crippen LogP contribution < -0.4 is 0 Å². The number of carboxylic acid groups (broad SMARTS) is 1. The fourth-order valence-electron chi connectivity index (χ4n) is 2.58. The van der Waals surface area contributed by atoms with Crippen LogP contribution in [0, 0.1) is 11.3 Å². The summed E-state index contributed by atoms with van der Waals surface area (Å²) in [6, 6.07) is 0. The number of aryl methyl sites for hydroxylation is 1. The molecule has 1 aliphatic heterocycles. The first-order valence-electron chi connectivity index (χ1n) is 6.37. The first-order chi connectivity index (χ1) is 8.86. The van der Waals surface area contributed by atoms with E-state index in [-0.39, 0.29) is 18.4 Å². The van der Waals surface area contributed by atoms with Crippen LogP contribution in [0.4, 0.5) is 0 Å². The summed E-state index contributed by atoms with van der Waals surface area (Å²) >= 11 is 0. The van der Waals surface area contributed by atoms with E-state index in [4.69, 9.17) is 0 Å². The fraction of sp³-hybridized carbons (Fsp3) is 0.615. The third-order valence-corrected chi connectivity index (χ3v) is 4.04. The van der Waals surface area contributed by atoms with Crippen molar-refractivity contribution in [1.29, 1.82) is 0 Å². The maximum Gasteiger partial charge on any atom is 0.311 e. The molecule has 0 radical (unpaired) electrons. The SMILES string of the molecule is CC(C)C1(C(=O)O)CCN(C(=O)c2cn(C)cn2)C1. The van der Waals surface area contributed by atoms with Gasteiger partial charge in [-0.15, -0.1) is 0 Å². The Balaban J connectivity index is 2.18. The average molecular weight is 265 g/mol. The van der Waals surface area contributed by atoms with Gasteiger partial charge in [-0.05, 0) is 12.3 Å². The van der Waals surface area contributed by atoms with E-state index < -0.39 is 11.4 Å². The molecule has 1 aliphatic rings. The summed E-state index contributed by atoms with van der Waals surface area (Å²) < 4.78 is 1.70. The van der Waals surface area contributed by atoms with E-state index >= 15 is 0 Å². The van der Waals surface area contributed by atoms with E-state index in [1.807, 2.05) is 13.8 Å². The topological polar surface area (TPSA) is 75.4 Å². The van der Waals surface area contributed by atoms with Gasteiger partial charge in [0.15, 0.2) is 0 Å². The number of imidazole rings is 1. The van der Waals surface area contributed by atoms with Crippen molar-refractivity contribution in [3.63, 3.8) is 0 Å². The smallest absolute Gasteiger partial charge is 0.311 e. The average Bonchev–Trinajstić information content (AvgIpc) is 2.94. The fourth-order valence-corrected chi connectivity index (χ4v) is 2.58. The van der Waals surface area contributed by atoms with Crippen LogP contribution in [0.3, 0.4) is 0 Å². The van der Waals surface area contributed by atoms with Gasteiger partial charge in [-0.25, -0.2) is 4.98 Å². The number of hydrogen-bond donors (Lipinski definition) is 1. The molecule has 2 heterocycles. The molecular formula is C13H19N3O3. The molecule has 2 rings (SSSR count). The summed E-state index contributed by atoms with van der Waals surface area (Å²) in [5.41, 5.74) is -0.461. The second-order valence-corrected chi connectivity index (χ2v) is 5.52. The van der Waals surface area contributed by atoms with Crippen LogP contribution >= 0.6 is 0 Å². The molecule has 0 aromatic carbocycles. The standard InChI is InChI=1S/C13H19N3O3/c1-9(2)13(12(18)19)4-5-16(7-13)11(17)10-6-15(3)8-14-10/h6,8-9H,4-5,7H2,1-3H3,(H,18,19). The van der Waals surface area contributed by atoms with Gasteiger partial charge < -0.3 is 14.6 Å². The second kappa shape index (κ2) is 4.68. The number of carbonyl (C=O) groups excluding carboxylic acids is 1. The minimum atomic E-state index is -0.829. The van der Waals surface area contributed by atoms with Crippen molar-refractivity contribution in [3.8, 4) is 0 Å². The lowest BCUT2D eigenvalue weighted by Crippen LogP contribution is -2.40. The summed E-state index contributed by atoms with van der Waals surface area (Å²) in [6.07, 6.45) is 3.72. The van der Waals surface area contributed by atoms with Crippen molar-refractivity contribution in [3.05, 3.63) is 18.2 Å². The summed E-state index contributed by atoms with van der Waals surface area (Å²) in [5.74, 6) is -1.02. The Morgan fingerprint density at radius 2 is 2.16 bits per heavy atom. The predicted octanol–water partition coefficient (Wildman–Crippen LogP) is 0.993. The lowest BCUT2D eigenvalue weighted by atomic mass is 9.76. The summed E-state index contributed by atoms with van der Waals surface area (Å²) in [4.78, 5) is 29.4. The maximum absolute atomic E-state index is 12.3. The first-order valence-corrected chi connectivity index (χ1v) is 6.37. The molecule has 0 saturated carbocycles. The summed E-state index contributed by atoms with van der Waals surface area (Å²) in [7, 11) is 1.80. The van der Waals surface area contributed by atoms with E-state index in [2.05, 4.69) is 4.98 Å². The zero-order valence-electron chi connectivity index (χ0n) is 11.5. The molecule has 1 fully saturated rings. The Kier molecular flexibility index (Phi) is 3.34. The van der Waals surface area contributed by atoms with E-state index in [0.29, 0.717) is 18.7 Å². The van der Waals surface area contributed by atoms with Crippen molar-refractivity contribution in [2.24, 2.45) is 18.4 Å². The molecule has 6 heteroatoms. The molecule has 1 N–H and O–H groups in total. The molecule has 1 aromatic rings. The minimum absolute atomic E-state index is 0.00784. The molecule has 6 nitrogen and oxygen atoms in total. The van der Waals surface area contributed by atoms with Crippen LogP contribution in [0.15, 0.2) is 12.5 Å². The number of amides is 1. The molecule has 1 amide bonds. The van der Waals surface area contributed by atoms with Crippen LogP contribution in [0.25, 0.3) is 0 Å². The van der Waals surface area contributed by atoms with Crippen molar-refractivity contribution >= 4 is 11.9 Å². The molecule has 0 bridgehead atoms. The number of hydrogen-bond acceptors (Lipinski definition) is 3. The van der Waals surface area contributed by atoms with Crippen molar-refractivity contribution in [2.75, 3.05) is 13.1 Å². The van der Waals surface area contributed by atoms with Gasteiger partial charge in [0.1, 0.15) is 5.69 Å². The van der Waals surface area contributed by atoms with Gasteiger partial charge in [0.2, 0.25) is 0 Å². The van der Waals surface area contributed by atoms with Gasteiger partial charge in [-0.3, -0.25) is 9.59 Å². The number of carboxylic acids is 1. The zero-order valence-corrected chi connectivity index (χ0v) is 11.5. The normalized spacial score (nSPS) is 23.1. The van der Waals surface area contributed by atoms with Gasteiger partial charge in [-0.1, -0.05) is 13.8 Å². The van der Waals surface area contributed by atoms with E-state index in [1.54, 1.807) is 29.0 Å². The summed E-state index contributed by atoms with van der Waals surface area (Å²) in [6.45, 7) is 4.51. The van der Waals surface area contributed by atoms with Crippen LogP contribution in [0.1, 0.15) is 30.8 Å². The lowest BCUT2D eigenvalue weighted by molar-refractivity contribution is -0.150. The van der Waals surface area contributed by atoms with E-state index in [0.717, 1.165) is 0 Å². The van der Waals surface area contributed by atoms with Gasteiger partial charge >= 0.3 is 5.97 Å². The van der Waals surface area contributed by atoms with Gasteiger partial charge in [0.25, 0.3) is 5.91 Å². The Morgan fingerprint density at radius 3 is 2.58 bits per heavy atom. The maximum atomic E-state index is 12.3. The third-order valence-electron chi connectivity index (χ3n) is 4.04. The number of nitrogens with zero attached hydrogens (tertiary/aromatic N) is 3. The highest BCUT2D eigenvalue weighted by Crippen LogP contribution is 2.38. The summed E-state index contributed by atoms with van der Waals surface area (Å²) in [5, 5.41) is 9.45. The van der Waals surface area contributed by atoms with Crippen molar-refractivity contribution in [2.45, 2.75) is 20.3 Å². The molecular weight excluding hydrogens is 246 g/mol. The monoisotopic (exact) mass is 265 g/mol. The van der Waals surface area contributed by atoms with Crippen LogP contribution in [0.5, 0.6) is 0 Å². The third kappa shape index (κ3) is 2.22. The number of aromatic nitrogens is 2. The highest BCUT2D eigenvalue weighted by molar-refractivity contribution is 5.93. The van der Waals surface area contributed by atoms with Crippen LogP contribution in [-0.4, -0.2) is 44.5 Å². The van der Waals surface area contributed by atoms with E-state index in [9.17, 15) is 14.7 Å². The molecule has 0 aliphatic carbocycles. The van der Waals surface area contributed by atoms with Crippen molar-refractivity contribution < 1.29 is 14.7 Å². The van der Waals surface area contributed by atoms with Gasteiger partial charge in [-0.2, -0.15) is 0 Å². The molecule has 104 valence electrons. The molecule has 19 heavy (non-hydrogen) atoms. The Labute approximate surface area is 112 Å². The molecule has 0 spiro atoms. The predicted molar refractivity (Wildman–Crippen MR) is 68.6 cm³/mol. The number of carbonyl (C=O) groups is 2. The number of rotatable bonds is 3. The highest BCUT2D eigenvalue weighted by atomic mass is 16.4. The zero-order chi connectivity index (χ0) is 14.2. The molecule has 1 aromatic heterocycles. The number of aliphatic carboxylic acids is 1. The Hall–Kier alpha value is -1.85. The lowest BCUT2D eigenvalue weighted by Gasteiger charge is -2.28. The minimum Gasteiger partial charge on any atom is -0.481 e. The largest absolute Gasteiger partial charge is 0.481 e. The highest BCUT2D eigenvalue weighted by Gasteiger charge is 2.48. The van der Waals surface area contributed by atoms with E-state index in [1.165, 1.54) is 0 Å². The first kappa shape index (κ1) is 13.6. The number of likely N-dealkylation sites (tertiary alicyclic amines) is 1. The molecule has 1 atom stereocenters. The Morgan fingerprint density at radius 1 is 1.47 bits per heavy atom. The second-order valence-electron chi connectivity index (χ2n) is 5.52. The molecule has 1 unspecified atom stereocenters. The molecule has 1 saturated heterocycles. The van der Waals surface area contributed by atoms with Crippen LogP contribution in [-0.2, 0) is 11.8 Å². The van der Waals surface area contributed by atoms with Crippen LogP contribution in [0.2, 0.25) is 0 Å².